The molecule has 1 saturated heterocycles. The number of aryl methyl sites for hydroxylation is 1. The average molecular weight is 347 g/mol. The molecule has 1 aliphatic rings. The predicted molar refractivity (Wildman–Crippen MR) is 94.2 cm³/mol. The molecule has 1 atom stereocenters. The zero-order valence-corrected chi connectivity index (χ0v) is 15.2. The highest BCUT2D eigenvalue weighted by atomic mass is 32.1. The summed E-state index contributed by atoms with van der Waals surface area (Å²) >= 11 is 1.76. The van der Waals surface area contributed by atoms with Crippen molar-refractivity contribution in [2.24, 2.45) is 0 Å². The number of piperidine rings is 1. The minimum absolute atomic E-state index is 0.205. The number of hydrogen-bond acceptors (Lipinski definition) is 5. The number of thiophene rings is 1. The number of amides is 1. The van der Waals surface area contributed by atoms with Crippen LogP contribution in [-0.4, -0.2) is 34.0 Å². The van der Waals surface area contributed by atoms with E-state index in [0.29, 0.717) is 12.3 Å². The van der Waals surface area contributed by atoms with Crippen LogP contribution < -0.4 is 0 Å². The molecule has 0 saturated carbocycles. The van der Waals surface area contributed by atoms with Crippen LogP contribution in [0, 0.1) is 0 Å². The Morgan fingerprint density at radius 3 is 3.08 bits per heavy atom. The van der Waals surface area contributed by atoms with E-state index in [4.69, 9.17) is 4.52 Å². The van der Waals surface area contributed by atoms with Crippen molar-refractivity contribution in [2.45, 2.75) is 57.8 Å². The van der Waals surface area contributed by atoms with Gasteiger partial charge in [0, 0.05) is 36.2 Å². The standard InChI is InChI=1S/C18H25N3O2S/c1-13(2)18-19-17(20-23-18)14-6-4-10-21(12-14)16(22)9-3-7-15-8-5-11-24-15/h5,8,11,13-14H,3-4,6-7,9-10,12H2,1-2H3. The minimum atomic E-state index is 0.205. The Morgan fingerprint density at radius 2 is 2.38 bits per heavy atom. The molecule has 0 bridgehead atoms. The Balaban J connectivity index is 1.51. The maximum atomic E-state index is 12.5. The molecule has 6 heteroatoms. The van der Waals surface area contributed by atoms with Crippen molar-refractivity contribution >= 4 is 17.2 Å². The molecule has 0 aromatic carbocycles. The van der Waals surface area contributed by atoms with Crippen LogP contribution >= 0.6 is 11.3 Å². The minimum Gasteiger partial charge on any atom is -0.342 e. The second-order valence-corrected chi connectivity index (χ2v) is 7.79. The summed E-state index contributed by atoms with van der Waals surface area (Å²) in [7, 11) is 0. The molecule has 0 spiro atoms. The van der Waals surface area contributed by atoms with E-state index in [1.807, 2.05) is 18.7 Å². The van der Waals surface area contributed by atoms with Gasteiger partial charge < -0.3 is 9.42 Å². The van der Waals surface area contributed by atoms with E-state index in [2.05, 4.69) is 27.7 Å². The van der Waals surface area contributed by atoms with Gasteiger partial charge in [-0.25, -0.2) is 0 Å². The van der Waals surface area contributed by atoms with Gasteiger partial charge in [0.05, 0.1) is 0 Å². The molecule has 0 aliphatic carbocycles. The van der Waals surface area contributed by atoms with Gasteiger partial charge in [-0.2, -0.15) is 4.98 Å². The van der Waals surface area contributed by atoms with Crippen molar-refractivity contribution in [2.75, 3.05) is 13.1 Å². The summed E-state index contributed by atoms with van der Waals surface area (Å²) in [6, 6.07) is 4.20. The maximum absolute atomic E-state index is 12.5. The molecule has 2 aromatic heterocycles. The Hall–Kier alpha value is -1.69. The van der Waals surface area contributed by atoms with E-state index in [1.54, 1.807) is 11.3 Å². The van der Waals surface area contributed by atoms with E-state index in [-0.39, 0.29) is 17.7 Å². The van der Waals surface area contributed by atoms with Crippen molar-refractivity contribution in [1.29, 1.82) is 0 Å². The number of rotatable bonds is 6. The van der Waals surface area contributed by atoms with E-state index >= 15 is 0 Å². The fourth-order valence-corrected chi connectivity index (χ4v) is 3.84. The van der Waals surface area contributed by atoms with Gasteiger partial charge in [-0.05, 0) is 37.1 Å². The lowest BCUT2D eigenvalue weighted by molar-refractivity contribution is -0.132. The molecule has 0 N–H and O–H groups in total. The summed E-state index contributed by atoms with van der Waals surface area (Å²) in [4.78, 5) is 20.3. The molecule has 1 amide bonds. The number of carbonyl (C=O) groups excluding carboxylic acids is 1. The van der Waals surface area contributed by atoms with Crippen LogP contribution in [-0.2, 0) is 11.2 Å². The Morgan fingerprint density at radius 1 is 1.50 bits per heavy atom. The normalized spacial score (nSPS) is 18.3. The molecule has 24 heavy (non-hydrogen) atoms. The first-order valence-electron chi connectivity index (χ1n) is 8.77. The van der Waals surface area contributed by atoms with Crippen molar-refractivity contribution in [3.8, 4) is 0 Å². The Kier molecular flexibility index (Phi) is 5.66. The average Bonchev–Trinajstić information content (AvgIpc) is 3.26. The summed E-state index contributed by atoms with van der Waals surface area (Å²) < 4.78 is 5.32. The Labute approximate surface area is 147 Å². The third kappa shape index (κ3) is 4.23. The highest BCUT2D eigenvalue weighted by molar-refractivity contribution is 7.09. The molecule has 1 aliphatic heterocycles. The van der Waals surface area contributed by atoms with Crippen LogP contribution in [0.25, 0.3) is 0 Å². The largest absolute Gasteiger partial charge is 0.342 e. The molecule has 0 radical (unpaired) electrons. The SMILES string of the molecule is CC(C)c1nc(C2CCCN(C(=O)CCCc3cccs3)C2)no1. The van der Waals surface area contributed by atoms with Crippen LogP contribution in [0.2, 0.25) is 0 Å². The third-order valence-electron chi connectivity index (χ3n) is 4.48. The summed E-state index contributed by atoms with van der Waals surface area (Å²) in [6.45, 7) is 5.65. The molecule has 3 rings (SSSR count). The zero-order chi connectivity index (χ0) is 16.9. The lowest BCUT2D eigenvalue weighted by Gasteiger charge is -2.31. The third-order valence-corrected chi connectivity index (χ3v) is 5.42. The van der Waals surface area contributed by atoms with Crippen molar-refractivity contribution in [3.63, 3.8) is 0 Å². The fourth-order valence-electron chi connectivity index (χ4n) is 3.09. The monoisotopic (exact) mass is 347 g/mol. The number of hydrogen-bond donors (Lipinski definition) is 0. The molecule has 130 valence electrons. The van der Waals surface area contributed by atoms with Gasteiger partial charge in [0.1, 0.15) is 0 Å². The van der Waals surface area contributed by atoms with Crippen LogP contribution in [0.4, 0.5) is 0 Å². The zero-order valence-electron chi connectivity index (χ0n) is 14.4. The van der Waals surface area contributed by atoms with Gasteiger partial charge in [0.15, 0.2) is 5.82 Å². The highest BCUT2D eigenvalue weighted by Gasteiger charge is 2.28. The molecular formula is C18H25N3O2S. The molecule has 5 nitrogen and oxygen atoms in total. The summed E-state index contributed by atoms with van der Waals surface area (Å²) in [6.07, 6.45) is 4.56. The lowest BCUT2D eigenvalue weighted by atomic mass is 9.97. The van der Waals surface area contributed by atoms with Crippen LogP contribution in [0.15, 0.2) is 22.0 Å². The second kappa shape index (κ2) is 7.92. The van der Waals surface area contributed by atoms with Crippen LogP contribution in [0.5, 0.6) is 0 Å². The van der Waals surface area contributed by atoms with E-state index in [9.17, 15) is 4.79 Å². The van der Waals surface area contributed by atoms with Gasteiger partial charge in [-0.1, -0.05) is 25.1 Å². The maximum Gasteiger partial charge on any atom is 0.229 e. The topological polar surface area (TPSA) is 59.2 Å². The molecule has 1 fully saturated rings. The lowest BCUT2D eigenvalue weighted by Crippen LogP contribution is -2.39. The first-order valence-corrected chi connectivity index (χ1v) is 9.65. The number of nitrogens with zero attached hydrogens (tertiary/aromatic N) is 3. The van der Waals surface area contributed by atoms with Gasteiger partial charge in [0.25, 0.3) is 0 Å². The smallest absolute Gasteiger partial charge is 0.229 e. The highest BCUT2D eigenvalue weighted by Crippen LogP contribution is 2.26. The summed E-state index contributed by atoms with van der Waals surface area (Å²) in [5, 5.41) is 6.21. The summed E-state index contributed by atoms with van der Waals surface area (Å²) in [5.74, 6) is 2.14. The number of aromatic nitrogens is 2. The molecule has 1 unspecified atom stereocenters. The number of carbonyl (C=O) groups is 1. The quantitative estimate of drug-likeness (QED) is 0.793. The number of likely N-dealkylation sites (tertiary alicyclic amines) is 1. The van der Waals surface area contributed by atoms with E-state index in [1.165, 1.54) is 4.88 Å². The van der Waals surface area contributed by atoms with Gasteiger partial charge in [0.2, 0.25) is 11.8 Å². The van der Waals surface area contributed by atoms with E-state index in [0.717, 1.165) is 44.6 Å². The molecular weight excluding hydrogens is 322 g/mol. The van der Waals surface area contributed by atoms with Crippen molar-refractivity contribution in [1.82, 2.24) is 15.0 Å². The van der Waals surface area contributed by atoms with Crippen LogP contribution in [0.1, 0.15) is 68.0 Å². The van der Waals surface area contributed by atoms with Gasteiger partial charge >= 0.3 is 0 Å². The first-order chi connectivity index (χ1) is 11.6. The van der Waals surface area contributed by atoms with Crippen molar-refractivity contribution in [3.05, 3.63) is 34.1 Å². The van der Waals surface area contributed by atoms with Crippen molar-refractivity contribution < 1.29 is 9.32 Å². The second-order valence-electron chi connectivity index (χ2n) is 6.76. The van der Waals surface area contributed by atoms with Gasteiger partial charge in [-0.15, -0.1) is 11.3 Å². The first kappa shape index (κ1) is 17.1. The Bertz CT molecular complexity index is 651. The predicted octanol–water partition coefficient (Wildman–Crippen LogP) is 3.98. The molecule has 2 aromatic rings. The van der Waals surface area contributed by atoms with Gasteiger partial charge in [-0.3, -0.25) is 4.79 Å². The van der Waals surface area contributed by atoms with Crippen LogP contribution in [0.3, 0.4) is 0 Å². The molecule has 3 heterocycles. The van der Waals surface area contributed by atoms with E-state index < -0.39 is 0 Å². The fraction of sp³-hybridized carbons (Fsp3) is 0.611. The summed E-state index contributed by atoms with van der Waals surface area (Å²) in [5.41, 5.74) is 0.